The van der Waals surface area contributed by atoms with Gasteiger partial charge in [0.2, 0.25) is 11.6 Å². The van der Waals surface area contributed by atoms with Crippen molar-refractivity contribution in [3.63, 3.8) is 0 Å². The molecule has 2 aromatic carbocycles. The molecule has 0 saturated carbocycles. The molecule has 1 unspecified atom stereocenters. The number of aryl methyl sites for hydroxylation is 1. The first-order valence-corrected chi connectivity index (χ1v) is 9.68. The van der Waals surface area contributed by atoms with Crippen molar-refractivity contribution >= 4 is 29.0 Å². The maximum absolute atomic E-state index is 12.6. The quantitative estimate of drug-likeness (QED) is 0.254. The molecule has 0 fully saturated rings. The Morgan fingerprint density at radius 3 is 2.63 bits per heavy atom. The molecule has 0 spiro atoms. The Hall–Kier alpha value is -3.60. The Labute approximate surface area is 174 Å². The summed E-state index contributed by atoms with van der Waals surface area (Å²) in [5.41, 5.74) is 0.888. The first-order chi connectivity index (χ1) is 14.3. The number of nitrogens with zero attached hydrogens (tertiary/aromatic N) is 2. The summed E-state index contributed by atoms with van der Waals surface area (Å²) in [6.45, 7) is 3.35. The van der Waals surface area contributed by atoms with Crippen molar-refractivity contribution in [2.75, 3.05) is 12.4 Å². The molecule has 0 saturated heterocycles. The average Bonchev–Trinajstić information content (AvgIpc) is 3.09. The van der Waals surface area contributed by atoms with Gasteiger partial charge in [0.1, 0.15) is 5.75 Å². The van der Waals surface area contributed by atoms with Gasteiger partial charge in [-0.3, -0.25) is 19.4 Å². The van der Waals surface area contributed by atoms with Crippen molar-refractivity contribution in [1.82, 2.24) is 5.27 Å². The summed E-state index contributed by atoms with van der Waals surface area (Å²) in [6, 6.07) is 11.1. The predicted molar refractivity (Wildman–Crippen MR) is 109 cm³/mol. The zero-order valence-corrected chi connectivity index (χ0v) is 17.2. The molecule has 3 rings (SSSR count). The number of nitro benzene ring substituents is 1. The number of benzene rings is 2. The molecule has 1 atom stereocenters. The summed E-state index contributed by atoms with van der Waals surface area (Å²) < 4.78 is 11.4. The van der Waals surface area contributed by atoms with E-state index in [1.807, 2.05) is 0 Å². The summed E-state index contributed by atoms with van der Waals surface area (Å²) >= 11 is 1.00. The van der Waals surface area contributed by atoms with Gasteiger partial charge in [0.05, 0.1) is 23.0 Å². The van der Waals surface area contributed by atoms with Crippen molar-refractivity contribution in [3.8, 4) is 11.4 Å². The van der Waals surface area contributed by atoms with Crippen molar-refractivity contribution in [1.29, 1.82) is 0 Å². The highest BCUT2D eigenvalue weighted by Gasteiger charge is 2.29. The molecule has 2 N–H and O–H groups in total. The van der Waals surface area contributed by atoms with E-state index < -0.39 is 21.7 Å². The lowest BCUT2D eigenvalue weighted by Gasteiger charge is -2.11. The molecule has 0 aliphatic rings. The summed E-state index contributed by atoms with van der Waals surface area (Å²) in [6.07, 6.45) is 0. The standard InChI is InChI=1S/C19H18N4O6S/c1-11-4-5-14(23(26)27)10-16(11)20-17(24)12(2)30-18-19(25)29-21-22(18)13-6-8-15(28-3)9-7-13/h4-10,12H,1-3H3,(H-,20,21,24,25)/p+1. The van der Waals surface area contributed by atoms with Gasteiger partial charge in [-0.2, -0.15) is 0 Å². The fraction of sp³-hybridized carbons (Fsp3) is 0.211. The van der Waals surface area contributed by atoms with E-state index in [0.29, 0.717) is 22.7 Å². The number of hydrogen-bond acceptors (Lipinski definition) is 7. The summed E-state index contributed by atoms with van der Waals surface area (Å²) in [7, 11) is 1.55. The van der Waals surface area contributed by atoms with E-state index in [-0.39, 0.29) is 10.7 Å². The molecular weight excluding hydrogens is 412 g/mol. The minimum absolute atomic E-state index is 0.125. The van der Waals surface area contributed by atoms with Gasteiger partial charge in [0, 0.05) is 24.3 Å². The smallest absolute Gasteiger partial charge is 0.442 e. The molecule has 30 heavy (non-hydrogen) atoms. The largest absolute Gasteiger partial charge is 0.497 e. The Kier molecular flexibility index (Phi) is 6.21. The number of aromatic amines is 1. The average molecular weight is 431 g/mol. The predicted octanol–water partition coefficient (Wildman–Crippen LogP) is 2.59. The van der Waals surface area contributed by atoms with Crippen LogP contribution in [0, 0.1) is 17.0 Å². The number of hydrogen-bond donors (Lipinski definition) is 2. The van der Waals surface area contributed by atoms with E-state index in [4.69, 9.17) is 9.26 Å². The number of rotatable bonds is 7. The lowest BCUT2D eigenvalue weighted by atomic mass is 10.2. The van der Waals surface area contributed by atoms with Gasteiger partial charge in [-0.05, 0) is 53.3 Å². The van der Waals surface area contributed by atoms with Gasteiger partial charge in [-0.25, -0.2) is 4.79 Å². The number of methoxy groups -OCH3 is 1. The van der Waals surface area contributed by atoms with Crippen molar-refractivity contribution in [2.45, 2.75) is 24.1 Å². The van der Waals surface area contributed by atoms with Crippen molar-refractivity contribution in [3.05, 3.63) is 68.6 Å². The fourth-order valence-electron chi connectivity index (χ4n) is 2.58. The molecule has 1 heterocycles. The molecule has 0 aliphatic carbocycles. The number of amides is 1. The van der Waals surface area contributed by atoms with E-state index in [0.717, 1.165) is 11.8 Å². The SMILES string of the molecule is COc1ccc(-[n+]2[nH]oc(=O)c2SC(C)C(=O)Nc2cc([N+](=O)[O-])ccc2C)cc1. The van der Waals surface area contributed by atoms with Gasteiger partial charge >= 0.3 is 10.7 Å². The minimum Gasteiger partial charge on any atom is -0.497 e. The molecule has 0 aliphatic heterocycles. The van der Waals surface area contributed by atoms with Crippen LogP contribution in [-0.4, -0.2) is 28.5 Å². The highest BCUT2D eigenvalue weighted by Crippen LogP contribution is 2.24. The number of ether oxygens (including phenoxy) is 1. The van der Waals surface area contributed by atoms with Gasteiger partial charge in [-0.15, -0.1) is 0 Å². The second-order valence-corrected chi connectivity index (χ2v) is 7.65. The summed E-state index contributed by atoms with van der Waals surface area (Å²) in [5.74, 6) is 0.241. The van der Waals surface area contributed by atoms with Gasteiger partial charge in [0.15, 0.2) is 0 Å². The summed E-state index contributed by atoms with van der Waals surface area (Å²) in [4.78, 5) is 35.2. The van der Waals surface area contributed by atoms with Crippen LogP contribution in [0.1, 0.15) is 12.5 Å². The second-order valence-electron chi connectivity index (χ2n) is 6.33. The van der Waals surface area contributed by atoms with E-state index >= 15 is 0 Å². The number of anilines is 1. The fourth-order valence-corrected chi connectivity index (χ4v) is 3.47. The minimum atomic E-state index is -0.688. The third-order valence-electron chi connectivity index (χ3n) is 4.29. The maximum Gasteiger partial charge on any atom is 0.442 e. The van der Waals surface area contributed by atoms with E-state index in [9.17, 15) is 19.7 Å². The number of aromatic nitrogens is 2. The van der Waals surface area contributed by atoms with E-state index in [1.54, 1.807) is 51.3 Å². The Bertz CT molecular complexity index is 1140. The number of thioether (sulfide) groups is 1. The molecule has 156 valence electrons. The molecule has 0 bridgehead atoms. The molecule has 0 radical (unpaired) electrons. The number of non-ortho nitro benzene ring substituents is 1. The molecule has 1 aromatic heterocycles. The van der Waals surface area contributed by atoms with Crippen molar-refractivity contribution < 1.29 is 23.7 Å². The number of nitro groups is 1. The van der Waals surface area contributed by atoms with E-state index in [1.165, 1.54) is 16.8 Å². The third-order valence-corrected chi connectivity index (χ3v) is 5.43. The summed E-state index contributed by atoms with van der Waals surface area (Å²) in [5, 5.41) is 15.7. The van der Waals surface area contributed by atoms with Crippen LogP contribution in [0.2, 0.25) is 0 Å². The number of carbonyl (C=O) groups excluding carboxylic acids is 1. The second kappa shape index (κ2) is 8.82. The van der Waals surface area contributed by atoms with Crippen LogP contribution in [0.3, 0.4) is 0 Å². The van der Waals surface area contributed by atoms with Gasteiger partial charge in [-0.1, -0.05) is 6.07 Å². The van der Waals surface area contributed by atoms with Crippen LogP contribution in [-0.2, 0) is 4.79 Å². The van der Waals surface area contributed by atoms with Crippen LogP contribution in [0.5, 0.6) is 5.75 Å². The van der Waals surface area contributed by atoms with Gasteiger partial charge in [0.25, 0.3) is 5.69 Å². The lowest BCUT2D eigenvalue weighted by molar-refractivity contribution is -0.704. The Balaban J connectivity index is 1.79. The van der Waals surface area contributed by atoms with Gasteiger partial charge < -0.3 is 10.1 Å². The zero-order valence-electron chi connectivity index (χ0n) is 16.4. The first kappa shape index (κ1) is 21.1. The normalized spacial score (nSPS) is 11.7. The lowest BCUT2D eigenvalue weighted by Crippen LogP contribution is -2.37. The van der Waals surface area contributed by atoms with Crippen LogP contribution < -0.4 is 20.4 Å². The topological polar surface area (TPSA) is 131 Å². The Morgan fingerprint density at radius 1 is 1.30 bits per heavy atom. The third kappa shape index (κ3) is 4.51. The highest BCUT2D eigenvalue weighted by molar-refractivity contribution is 8.00. The molecule has 10 nitrogen and oxygen atoms in total. The molecular formula is C19H19N4O6S+. The van der Waals surface area contributed by atoms with Crippen LogP contribution >= 0.6 is 11.8 Å². The molecule has 3 aromatic rings. The van der Waals surface area contributed by atoms with Crippen LogP contribution in [0.4, 0.5) is 11.4 Å². The first-order valence-electron chi connectivity index (χ1n) is 8.80. The molecule has 11 heteroatoms. The van der Waals surface area contributed by atoms with Crippen LogP contribution in [0.25, 0.3) is 5.69 Å². The zero-order chi connectivity index (χ0) is 21.8. The van der Waals surface area contributed by atoms with Crippen LogP contribution in [0.15, 0.2) is 56.8 Å². The maximum atomic E-state index is 12.6. The molecule has 1 amide bonds. The van der Waals surface area contributed by atoms with E-state index in [2.05, 4.69) is 10.6 Å². The number of carbonyl (C=O) groups is 1. The number of nitrogens with one attached hydrogen (secondary N) is 2. The highest BCUT2D eigenvalue weighted by atomic mass is 32.2. The number of H-pyrrole nitrogens is 1. The monoisotopic (exact) mass is 431 g/mol. The Morgan fingerprint density at radius 2 is 2.00 bits per heavy atom. The van der Waals surface area contributed by atoms with Crippen molar-refractivity contribution in [2.24, 2.45) is 0 Å².